The number of benzene rings is 2. The lowest BCUT2D eigenvalue weighted by Crippen LogP contribution is -2.53. The molecule has 4 heterocycles. The van der Waals surface area contributed by atoms with E-state index in [1.165, 1.54) is 59.4 Å². The first-order chi connectivity index (χ1) is 28.6. The van der Waals surface area contributed by atoms with Crippen molar-refractivity contribution in [2.75, 3.05) is 32.6 Å². The number of rotatable bonds is 4. The van der Waals surface area contributed by atoms with Crippen LogP contribution in [-0.4, -0.2) is 129 Å². The summed E-state index contributed by atoms with van der Waals surface area (Å²) >= 11 is 0. The zero-order valence-corrected chi connectivity index (χ0v) is 37.1. The minimum Gasteiger partial charge on any atom is -0.507 e. The molecule has 1 amide bonds. The molecule has 0 aliphatic carbocycles. The number of ether oxygens (including phenoxy) is 4. The minimum absolute atomic E-state index is 0.0501. The molecule has 5 bridgehead atoms. The number of anilines is 1. The van der Waals surface area contributed by atoms with E-state index in [-0.39, 0.29) is 56.6 Å². The number of amides is 1. The van der Waals surface area contributed by atoms with Crippen LogP contribution in [0, 0.1) is 30.6 Å². The van der Waals surface area contributed by atoms with Gasteiger partial charge in [-0.3, -0.25) is 19.4 Å². The van der Waals surface area contributed by atoms with Crippen LogP contribution in [0.1, 0.15) is 83.8 Å². The van der Waals surface area contributed by atoms with Crippen LogP contribution in [-0.2, 0) is 23.8 Å². The molecule has 4 aliphatic heterocycles. The monoisotopic (exact) mass is 850 g/mol. The molecule has 334 valence electrons. The molecule has 11 unspecified atom stereocenters. The van der Waals surface area contributed by atoms with E-state index in [4.69, 9.17) is 24.0 Å². The molecule has 2 aromatic rings. The number of phenolic OH excluding ortho intramolecular Hbond substituents is 3. The molecule has 4 aliphatic rings. The van der Waals surface area contributed by atoms with Crippen LogP contribution < -0.4 is 10.1 Å². The van der Waals surface area contributed by atoms with Gasteiger partial charge in [-0.05, 0) is 40.8 Å². The number of aromatic hydroxyl groups is 3. The number of allylic oxidation sites excluding steroid dienone is 2. The highest BCUT2D eigenvalue weighted by molar-refractivity contribution is 6.23. The van der Waals surface area contributed by atoms with Crippen molar-refractivity contribution in [1.82, 2.24) is 9.91 Å². The SMILES string of the molecule is COC1/C=C/OC2(C)Oc3c(C)c(O)c4c(O)c(c(/C=N/N5C(C)CN(C)CC5C)c(O)c4c3C2=O)NC(=O)/C(C)=C/C=C/C(C)C(O)C(C)C(O)C(C)C(OC(C)=O)C1C. The molecule has 0 aromatic heterocycles. The van der Waals surface area contributed by atoms with Crippen LogP contribution in [0.25, 0.3) is 10.8 Å². The van der Waals surface area contributed by atoms with Crippen LogP contribution in [0.5, 0.6) is 23.0 Å². The van der Waals surface area contributed by atoms with Crippen LogP contribution in [0.15, 0.2) is 41.2 Å². The van der Waals surface area contributed by atoms with E-state index in [0.29, 0.717) is 13.1 Å². The van der Waals surface area contributed by atoms with Crippen molar-refractivity contribution in [3.8, 4) is 23.0 Å². The number of fused-ring (bicyclic) bond motifs is 14. The third kappa shape index (κ3) is 9.08. The van der Waals surface area contributed by atoms with Gasteiger partial charge in [0, 0.05) is 74.2 Å². The normalized spacial score (nSPS) is 33.9. The predicted octanol–water partition coefficient (Wildman–Crippen LogP) is 5.11. The highest BCUT2D eigenvalue weighted by Crippen LogP contribution is 2.55. The summed E-state index contributed by atoms with van der Waals surface area (Å²) in [5, 5.41) is 67.5. The highest BCUT2D eigenvalue weighted by atomic mass is 16.7. The summed E-state index contributed by atoms with van der Waals surface area (Å²) in [4.78, 5) is 42.9. The number of hydrazone groups is 1. The van der Waals surface area contributed by atoms with Gasteiger partial charge >= 0.3 is 11.8 Å². The smallest absolute Gasteiger partial charge is 0.312 e. The molecular weight excluding hydrogens is 789 g/mol. The Labute approximate surface area is 357 Å². The van der Waals surface area contributed by atoms with E-state index < -0.39 is 88.8 Å². The molecule has 1 saturated heterocycles. The summed E-state index contributed by atoms with van der Waals surface area (Å²) in [6.45, 7) is 17.9. The molecular formula is C45H62N4O12. The first-order valence-electron chi connectivity index (χ1n) is 20.6. The van der Waals surface area contributed by atoms with E-state index in [1.807, 2.05) is 25.9 Å². The number of aliphatic hydroxyl groups is 2. The van der Waals surface area contributed by atoms with Gasteiger partial charge in [0.15, 0.2) is 5.75 Å². The summed E-state index contributed by atoms with van der Waals surface area (Å²) in [7, 11) is 3.44. The Kier molecular flexibility index (Phi) is 14.2. The molecule has 1 fully saturated rings. The van der Waals surface area contributed by atoms with Gasteiger partial charge in [-0.2, -0.15) is 5.10 Å². The Bertz CT molecular complexity index is 2140. The average Bonchev–Trinajstić information content (AvgIpc) is 3.46. The van der Waals surface area contributed by atoms with E-state index in [2.05, 4.69) is 10.2 Å². The van der Waals surface area contributed by atoms with E-state index in [0.717, 1.165) is 0 Å². The second kappa shape index (κ2) is 18.4. The van der Waals surface area contributed by atoms with Crippen molar-refractivity contribution < 1.29 is 58.9 Å². The molecule has 61 heavy (non-hydrogen) atoms. The summed E-state index contributed by atoms with van der Waals surface area (Å²) < 4.78 is 23.7. The molecule has 0 spiro atoms. The number of likely N-dealkylation sites (N-methyl/N-ethyl adjacent to an activating group) is 1. The third-order valence-corrected chi connectivity index (χ3v) is 12.4. The van der Waals surface area contributed by atoms with Gasteiger partial charge in [-0.25, -0.2) is 0 Å². The molecule has 16 nitrogen and oxygen atoms in total. The maximum Gasteiger partial charge on any atom is 0.312 e. The number of methoxy groups -OCH3 is 1. The van der Waals surface area contributed by atoms with Crippen molar-refractivity contribution in [2.24, 2.45) is 28.8 Å². The van der Waals surface area contributed by atoms with Crippen molar-refractivity contribution >= 4 is 40.3 Å². The number of Topliss-reactive ketones (excluding diaryl/α,β-unsaturated/α-hetero) is 1. The molecule has 0 radical (unpaired) electrons. The first kappa shape index (κ1) is 46.9. The van der Waals surface area contributed by atoms with Crippen molar-refractivity contribution in [2.45, 2.75) is 112 Å². The number of hydrogen-bond acceptors (Lipinski definition) is 15. The van der Waals surface area contributed by atoms with Crippen LogP contribution in [0.2, 0.25) is 0 Å². The second-order valence-electron chi connectivity index (χ2n) is 17.2. The van der Waals surface area contributed by atoms with Crippen LogP contribution in [0.3, 0.4) is 0 Å². The molecule has 2 aromatic carbocycles. The molecule has 6 N–H and O–H groups in total. The van der Waals surface area contributed by atoms with Gasteiger partial charge in [0.05, 0.1) is 65.1 Å². The summed E-state index contributed by atoms with van der Waals surface area (Å²) in [6, 6.07) is -0.100. The Morgan fingerprint density at radius 3 is 2.18 bits per heavy atom. The number of phenols is 3. The zero-order chi connectivity index (χ0) is 45.4. The number of ketones is 1. The second-order valence-corrected chi connectivity index (χ2v) is 17.2. The molecule has 6 rings (SSSR count). The van der Waals surface area contributed by atoms with E-state index >= 15 is 0 Å². The van der Waals surface area contributed by atoms with Gasteiger partial charge in [-0.15, -0.1) is 0 Å². The maximum absolute atomic E-state index is 14.5. The number of nitrogens with one attached hydrogen (secondary N) is 1. The van der Waals surface area contributed by atoms with Gasteiger partial charge in [-0.1, -0.05) is 45.9 Å². The minimum atomic E-state index is -2.05. The molecule has 0 saturated carbocycles. The standard InChI is InChI=1S/C45H62N4O12/c1-21-14-13-15-22(2)44(57)47-35-30(18-46-49-23(3)19-48(11)20-24(49)4)39(54)32-33(40(35)55)38(53)28(8)42-34(32)43(56)45(10,61-42)59-17-16-31(58-12)25(5)41(60-29(9)50)27(7)37(52)26(6)36(21)51/h13-18,21,23-27,31,36-37,41,51-55H,19-20H2,1-12H3,(H,47,57)/b14-13+,17-16+,22-15+,46-18+. The van der Waals surface area contributed by atoms with Crippen molar-refractivity contribution in [3.05, 3.63) is 52.8 Å². The van der Waals surface area contributed by atoms with Gasteiger partial charge in [0.2, 0.25) is 0 Å². The lowest BCUT2D eigenvalue weighted by molar-refractivity contribution is -0.160. The Morgan fingerprint density at radius 2 is 1.57 bits per heavy atom. The van der Waals surface area contributed by atoms with Crippen LogP contribution >= 0.6 is 0 Å². The maximum atomic E-state index is 14.5. The van der Waals surface area contributed by atoms with Gasteiger partial charge in [0.25, 0.3) is 11.7 Å². The topological polar surface area (TPSA) is 220 Å². The lowest BCUT2D eigenvalue weighted by atomic mass is 9.78. The number of aliphatic hydroxyl groups excluding tert-OH is 2. The van der Waals surface area contributed by atoms with Crippen molar-refractivity contribution in [3.63, 3.8) is 0 Å². The summed E-state index contributed by atoms with van der Waals surface area (Å²) in [5.41, 5.74) is -0.367. The number of hydrogen-bond donors (Lipinski definition) is 6. The van der Waals surface area contributed by atoms with E-state index in [9.17, 15) is 39.9 Å². The Morgan fingerprint density at radius 1 is 0.934 bits per heavy atom. The molecule has 16 heteroatoms. The number of carbonyl (C=O) groups is 3. The molecule has 11 atom stereocenters. The summed E-state index contributed by atoms with van der Waals surface area (Å²) in [6.07, 6.45) is 4.88. The largest absolute Gasteiger partial charge is 0.507 e. The fourth-order valence-corrected chi connectivity index (χ4v) is 8.80. The number of carbonyl (C=O) groups excluding carboxylic acids is 3. The van der Waals surface area contributed by atoms with Gasteiger partial charge in [0.1, 0.15) is 23.4 Å². The number of nitrogens with zero attached hydrogens (tertiary/aromatic N) is 3. The quantitative estimate of drug-likeness (QED) is 0.102. The zero-order valence-electron chi connectivity index (χ0n) is 37.1. The fraction of sp³-hybridized carbons (Fsp3) is 0.556. The van der Waals surface area contributed by atoms with Crippen LogP contribution in [0.4, 0.5) is 5.69 Å². The number of piperazine rings is 1. The average molecular weight is 851 g/mol. The summed E-state index contributed by atoms with van der Waals surface area (Å²) in [5.74, 6) is -8.39. The van der Waals surface area contributed by atoms with Gasteiger partial charge < -0.3 is 54.7 Å². The fourth-order valence-electron chi connectivity index (χ4n) is 8.80. The van der Waals surface area contributed by atoms with E-state index in [1.54, 1.807) is 39.8 Å². The lowest BCUT2D eigenvalue weighted by Gasteiger charge is -2.41. The highest BCUT2D eigenvalue weighted by Gasteiger charge is 2.50. The van der Waals surface area contributed by atoms with Crippen molar-refractivity contribution in [1.29, 1.82) is 0 Å². The first-order valence-corrected chi connectivity index (χ1v) is 20.6. The Hall–Kier alpha value is -5.16. The predicted molar refractivity (Wildman–Crippen MR) is 230 cm³/mol. The Balaban J connectivity index is 1.73. The number of esters is 1. The third-order valence-electron chi connectivity index (χ3n) is 12.4.